The topological polar surface area (TPSA) is 54.9 Å². The summed E-state index contributed by atoms with van der Waals surface area (Å²) in [4.78, 5) is 20.8. The Bertz CT molecular complexity index is 779. The van der Waals surface area contributed by atoms with Gasteiger partial charge in [0, 0.05) is 0 Å². The Balaban J connectivity index is 1.73. The molecular formula is C18H15N3OSe. The van der Waals surface area contributed by atoms with Crippen LogP contribution in [-0.4, -0.2) is 30.8 Å². The van der Waals surface area contributed by atoms with Gasteiger partial charge < -0.3 is 0 Å². The van der Waals surface area contributed by atoms with Crippen molar-refractivity contribution in [3.8, 4) is 0 Å². The van der Waals surface area contributed by atoms with Gasteiger partial charge in [-0.3, -0.25) is 0 Å². The summed E-state index contributed by atoms with van der Waals surface area (Å²) < 4.78 is 1.08. The van der Waals surface area contributed by atoms with E-state index in [0.717, 1.165) is 26.7 Å². The molecule has 2 aromatic heterocycles. The van der Waals surface area contributed by atoms with Gasteiger partial charge in [0.05, 0.1) is 0 Å². The molecule has 2 heterocycles. The normalized spacial score (nSPS) is 10.3. The Kier molecular flexibility index (Phi) is 5.14. The summed E-state index contributed by atoms with van der Waals surface area (Å²) in [5, 5.41) is 3.78. The van der Waals surface area contributed by atoms with E-state index in [1.807, 2.05) is 42.5 Å². The standard InChI is InChI=1S/C18H15N3OSe/c22-18(21-14-8-11-19-12-9-14)16-6-1-2-7-17(16)23-13-15-5-3-4-10-20-15/h1-12H,13H2,(H,19,21,22). The van der Waals surface area contributed by atoms with E-state index in [4.69, 9.17) is 0 Å². The van der Waals surface area contributed by atoms with Crippen LogP contribution >= 0.6 is 0 Å². The molecule has 0 saturated heterocycles. The van der Waals surface area contributed by atoms with Crippen molar-refractivity contribution in [3.63, 3.8) is 0 Å². The molecule has 0 aliphatic heterocycles. The zero-order valence-electron chi connectivity index (χ0n) is 12.3. The van der Waals surface area contributed by atoms with Crippen LogP contribution in [0.4, 0.5) is 5.69 Å². The molecule has 0 aliphatic carbocycles. The first-order valence-electron chi connectivity index (χ1n) is 7.16. The predicted molar refractivity (Wildman–Crippen MR) is 92.0 cm³/mol. The van der Waals surface area contributed by atoms with Crippen molar-refractivity contribution in [2.24, 2.45) is 0 Å². The molecule has 0 saturated carbocycles. The number of rotatable bonds is 5. The zero-order chi connectivity index (χ0) is 15.9. The molecule has 0 spiro atoms. The molecule has 23 heavy (non-hydrogen) atoms. The van der Waals surface area contributed by atoms with Crippen molar-refractivity contribution in [1.82, 2.24) is 9.97 Å². The summed E-state index contributed by atoms with van der Waals surface area (Å²) in [6.45, 7) is 0. The van der Waals surface area contributed by atoms with E-state index >= 15 is 0 Å². The first-order valence-corrected chi connectivity index (χ1v) is 9.23. The molecule has 114 valence electrons. The molecule has 3 aromatic rings. The van der Waals surface area contributed by atoms with Crippen LogP contribution in [0.1, 0.15) is 16.1 Å². The number of benzene rings is 1. The van der Waals surface area contributed by atoms with Crippen molar-refractivity contribution in [2.75, 3.05) is 5.32 Å². The second-order valence-corrected chi connectivity index (χ2v) is 6.93. The van der Waals surface area contributed by atoms with Crippen LogP contribution in [0, 0.1) is 0 Å². The van der Waals surface area contributed by atoms with Gasteiger partial charge in [0.2, 0.25) is 0 Å². The number of amides is 1. The molecule has 1 aromatic carbocycles. The Labute approximate surface area is 141 Å². The summed E-state index contributed by atoms with van der Waals surface area (Å²) in [6, 6.07) is 17.2. The van der Waals surface area contributed by atoms with E-state index in [1.165, 1.54) is 0 Å². The summed E-state index contributed by atoms with van der Waals surface area (Å²) in [5.74, 6) is -0.0882. The molecule has 4 nitrogen and oxygen atoms in total. The molecule has 5 heteroatoms. The molecule has 1 N–H and O–H groups in total. The summed E-state index contributed by atoms with van der Waals surface area (Å²) in [7, 11) is 0. The van der Waals surface area contributed by atoms with Crippen LogP contribution in [0.3, 0.4) is 0 Å². The third kappa shape index (κ3) is 4.25. The van der Waals surface area contributed by atoms with Crippen LogP contribution in [0.15, 0.2) is 73.2 Å². The van der Waals surface area contributed by atoms with Crippen LogP contribution < -0.4 is 9.78 Å². The number of aromatic nitrogens is 2. The molecule has 0 aliphatic rings. The predicted octanol–water partition coefficient (Wildman–Crippen LogP) is 2.26. The number of nitrogens with zero attached hydrogens (tertiary/aromatic N) is 2. The third-order valence-electron chi connectivity index (χ3n) is 3.17. The molecule has 3 rings (SSSR count). The van der Waals surface area contributed by atoms with Gasteiger partial charge in [0.25, 0.3) is 0 Å². The number of hydrogen-bond donors (Lipinski definition) is 1. The number of anilines is 1. The summed E-state index contributed by atoms with van der Waals surface area (Å²) in [5.41, 5.74) is 2.52. The van der Waals surface area contributed by atoms with Crippen molar-refractivity contribution in [1.29, 1.82) is 0 Å². The van der Waals surface area contributed by atoms with Crippen molar-refractivity contribution >= 4 is 31.0 Å². The number of carbonyl (C=O) groups excluding carboxylic acids is 1. The van der Waals surface area contributed by atoms with Crippen molar-refractivity contribution < 1.29 is 4.79 Å². The number of nitrogens with one attached hydrogen (secondary N) is 1. The molecular weight excluding hydrogens is 353 g/mol. The maximum absolute atomic E-state index is 12.5. The molecule has 0 unspecified atom stereocenters. The average molecular weight is 368 g/mol. The zero-order valence-corrected chi connectivity index (χ0v) is 14.1. The monoisotopic (exact) mass is 369 g/mol. The van der Waals surface area contributed by atoms with Crippen LogP contribution in [0.5, 0.6) is 0 Å². The van der Waals surface area contributed by atoms with E-state index < -0.39 is 0 Å². The van der Waals surface area contributed by atoms with E-state index in [2.05, 4.69) is 15.3 Å². The number of carbonyl (C=O) groups is 1. The second-order valence-electron chi connectivity index (χ2n) is 4.80. The molecule has 0 bridgehead atoms. The fourth-order valence-corrected chi connectivity index (χ4v) is 4.07. The van der Waals surface area contributed by atoms with E-state index in [1.54, 1.807) is 30.7 Å². The molecule has 0 radical (unpaired) electrons. The van der Waals surface area contributed by atoms with Gasteiger partial charge in [-0.05, 0) is 0 Å². The maximum atomic E-state index is 12.5. The minimum absolute atomic E-state index is 0.0882. The van der Waals surface area contributed by atoms with E-state index in [9.17, 15) is 4.79 Å². The summed E-state index contributed by atoms with van der Waals surface area (Å²) in [6.07, 6.45) is 5.12. The SMILES string of the molecule is O=C(Nc1ccncc1)c1ccccc1[Se]Cc1ccccn1. The van der Waals surface area contributed by atoms with Crippen LogP contribution in [0.25, 0.3) is 0 Å². The number of hydrogen-bond acceptors (Lipinski definition) is 3. The van der Waals surface area contributed by atoms with Crippen molar-refractivity contribution in [2.45, 2.75) is 5.32 Å². The van der Waals surface area contributed by atoms with Gasteiger partial charge in [-0.1, -0.05) is 0 Å². The van der Waals surface area contributed by atoms with Gasteiger partial charge in [0.15, 0.2) is 0 Å². The van der Waals surface area contributed by atoms with E-state index in [-0.39, 0.29) is 20.9 Å². The molecule has 1 amide bonds. The summed E-state index contributed by atoms with van der Waals surface area (Å²) >= 11 is 0.153. The molecule has 0 atom stereocenters. The molecule has 0 fully saturated rings. The van der Waals surface area contributed by atoms with Crippen LogP contribution in [-0.2, 0) is 5.32 Å². The van der Waals surface area contributed by atoms with Crippen LogP contribution in [0.2, 0.25) is 0 Å². The van der Waals surface area contributed by atoms with Gasteiger partial charge in [0.1, 0.15) is 0 Å². The van der Waals surface area contributed by atoms with Crippen molar-refractivity contribution in [3.05, 3.63) is 84.4 Å². The average Bonchev–Trinajstić information content (AvgIpc) is 2.62. The van der Waals surface area contributed by atoms with Gasteiger partial charge >= 0.3 is 141 Å². The minimum atomic E-state index is -0.0882. The third-order valence-corrected chi connectivity index (χ3v) is 5.49. The quantitative estimate of drug-likeness (QED) is 0.703. The Morgan fingerprint density at radius 3 is 2.52 bits per heavy atom. The number of pyridine rings is 2. The Morgan fingerprint density at radius 1 is 0.957 bits per heavy atom. The van der Waals surface area contributed by atoms with Gasteiger partial charge in [-0.15, -0.1) is 0 Å². The van der Waals surface area contributed by atoms with Gasteiger partial charge in [-0.2, -0.15) is 0 Å². The Hall–Kier alpha value is -2.49. The fraction of sp³-hybridized carbons (Fsp3) is 0.0556. The van der Waals surface area contributed by atoms with E-state index in [0.29, 0.717) is 0 Å². The first kappa shape index (κ1) is 15.4. The fourth-order valence-electron chi connectivity index (χ4n) is 2.05. The Morgan fingerprint density at radius 2 is 1.74 bits per heavy atom. The van der Waals surface area contributed by atoms with Gasteiger partial charge in [-0.25, -0.2) is 0 Å². The second kappa shape index (κ2) is 7.68. The first-order chi connectivity index (χ1) is 11.3.